The number of unbranched alkanes of at least 4 members (excludes halogenated alkanes) is 1. The fourth-order valence-corrected chi connectivity index (χ4v) is 2.09. The molecule has 1 aromatic rings. The van der Waals surface area contributed by atoms with Crippen LogP contribution in [-0.4, -0.2) is 41.1 Å². The maximum Gasteiger partial charge on any atom is 0.305 e. The molecule has 1 aromatic carbocycles. The number of halogens is 2. The van der Waals surface area contributed by atoms with E-state index in [9.17, 15) is 18.4 Å². The molecule has 1 atom stereocenters. The predicted molar refractivity (Wildman–Crippen MR) is 84.3 cm³/mol. The summed E-state index contributed by atoms with van der Waals surface area (Å²) in [5.74, 6) is -3.40. The molecule has 0 radical (unpaired) electrons. The largest absolute Gasteiger partial charge is 0.481 e. The Kier molecular flexibility index (Phi) is 8.32. The Hall–Kier alpha value is -2.02. The van der Waals surface area contributed by atoms with Gasteiger partial charge in [-0.25, -0.2) is 8.78 Å². The van der Waals surface area contributed by atoms with Crippen molar-refractivity contribution in [1.82, 2.24) is 4.90 Å². The van der Waals surface area contributed by atoms with Crippen LogP contribution in [0.4, 0.5) is 8.78 Å². The standard InChI is InChI=1S/C17H23F2NO4/c1-3-4-9-24-12(2)17(23)20(8-7-16(21)22)11-13-5-6-14(18)15(19)10-13/h5-6,10,12H,3-4,7-9,11H2,1-2H3,(H,21,22). The van der Waals surface area contributed by atoms with Gasteiger partial charge in [-0.15, -0.1) is 0 Å². The van der Waals surface area contributed by atoms with E-state index in [2.05, 4.69) is 0 Å². The van der Waals surface area contributed by atoms with Crippen molar-refractivity contribution in [2.24, 2.45) is 0 Å². The summed E-state index contributed by atoms with van der Waals surface area (Å²) in [6.07, 6.45) is 0.779. The van der Waals surface area contributed by atoms with Crippen LogP contribution in [0.15, 0.2) is 18.2 Å². The minimum Gasteiger partial charge on any atom is -0.481 e. The number of carbonyl (C=O) groups excluding carboxylic acids is 1. The monoisotopic (exact) mass is 343 g/mol. The van der Waals surface area contributed by atoms with Crippen molar-refractivity contribution in [1.29, 1.82) is 0 Å². The summed E-state index contributed by atoms with van der Waals surface area (Å²) in [6.45, 7) is 3.98. The van der Waals surface area contributed by atoms with E-state index in [0.29, 0.717) is 12.2 Å². The van der Waals surface area contributed by atoms with Gasteiger partial charge in [-0.2, -0.15) is 0 Å². The van der Waals surface area contributed by atoms with Gasteiger partial charge in [-0.3, -0.25) is 9.59 Å². The zero-order chi connectivity index (χ0) is 18.1. The molecule has 0 aliphatic carbocycles. The topological polar surface area (TPSA) is 66.8 Å². The predicted octanol–water partition coefficient (Wildman–Crippen LogP) is 2.97. The van der Waals surface area contributed by atoms with Crippen LogP contribution in [-0.2, 0) is 20.9 Å². The van der Waals surface area contributed by atoms with E-state index >= 15 is 0 Å². The fraction of sp³-hybridized carbons (Fsp3) is 0.529. The molecule has 7 heteroatoms. The highest BCUT2D eigenvalue weighted by molar-refractivity contribution is 5.81. The molecule has 0 aromatic heterocycles. The third-order valence-corrected chi connectivity index (χ3v) is 3.48. The molecule has 0 fully saturated rings. The van der Waals surface area contributed by atoms with Gasteiger partial charge in [0.25, 0.3) is 5.91 Å². The first kappa shape index (κ1) is 20.0. The van der Waals surface area contributed by atoms with Crippen LogP contribution >= 0.6 is 0 Å². The number of rotatable bonds is 10. The normalized spacial score (nSPS) is 12.0. The SMILES string of the molecule is CCCCOC(C)C(=O)N(CCC(=O)O)Cc1ccc(F)c(F)c1. The summed E-state index contributed by atoms with van der Waals surface area (Å²) in [4.78, 5) is 24.5. The van der Waals surface area contributed by atoms with Crippen molar-refractivity contribution < 1.29 is 28.2 Å². The Morgan fingerprint density at radius 1 is 1.29 bits per heavy atom. The second kappa shape index (κ2) is 9.97. The number of carboxylic acid groups (broad SMARTS) is 1. The Morgan fingerprint density at radius 3 is 2.58 bits per heavy atom. The van der Waals surface area contributed by atoms with Crippen LogP contribution in [0.2, 0.25) is 0 Å². The Morgan fingerprint density at radius 2 is 2.00 bits per heavy atom. The molecule has 1 unspecified atom stereocenters. The fourth-order valence-electron chi connectivity index (χ4n) is 2.09. The van der Waals surface area contributed by atoms with Gasteiger partial charge >= 0.3 is 5.97 Å². The highest BCUT2D eigenvalue weighted by Crippen LogP contribution is 2.13. The van der Waals surface area contributed by atoms with Crippen LogP contribution in [0.1, 0.15) is 38.7 Å². The second-order valence-corrected chi connectivity index (χ2v) is 5.52. The molecule has 1 rings (SSSR count). The second-order valence-electron chi connectivity index (χ2n) is 5.52. The lowest BCUT2D eigenvalue weighted by Crippen LogP contribution is -2.40. The molecule has 0 saturated carbocycles. The number of nitrogens with zero attached hydrogens (tertiary/aromatic N) is 1. The van der Waals surface area contributed by atoms with Gasteiger partial charge in [0.1, 0.15) is 6.10 Å². The van der Waals surface area contributed by atoms with Gasteiger partial charge in [0.05, 0.1) is 6.42 Å². The summed E-state index contributed by atoms with van der Waals surface area (Å²) in [5, 5.41) is 8.82. The van der Waals surface area contributed by atoms with Gasteiger partial charge < -0.3 is 14.7 Å². The molecule has 24 heavy (non-hydrogen) atoms. The van der Waals surface area contributed by atoms with Gasteiger partial charge in [-0.1, -0.05) is 19.4 Å². The zero-order valence-corrected chi connectivity index (χ0v) is 13.9. The molecule has 0 aliphatic heterocycles. The van der Waals surface area contributed by atoms with E-state index in [1.54, 1.807) is 6.92 Å². The highest BCUT2D eigenvalue weighted by atomic mass is 19.2. The number of amides is 1. The maximum absolute atomic E-state index is 13.3. The van der Waals surface area contributed by atoms with E-state index in [0.717, 1.165) is 25.0 Å². The summed E-state index contributed by atoms with van der Waals surface area (Å²) in [7, 11) is 0. The number of carboxylic acids is 1. The van der Waals surface area contributed by atoms with Gasteiger partial charge in [-0.05, 0) is 31.0 Å². The molecular weight excluding hydrogens is 320 g/mol. The third kappa shape index (κ3) is 6.62. The van der Waals surface area contributed by atoms with Crippen molar-refractivity contribution in [3.63, 3.8) is 0 Å². The van der Waals surface area contributed by atoms with Crippen molar-refractivity contribution >= 4 is 11.9 Å². The molecule has 1 amide bonds. The van der Waals surface area contributed by atoms with Crippen molar-refractivity contribution in [2.75, 3.05) is 13.2 Å². The van der Waals surface area contributed by atoms with E-state index in [4.69, 9.17) is 9.84 Å². The van der Waals surface area contributed by atoms with Crippen LogP contribution in [0.25, 0.3) is 0 Å². The quantitative estimate of drug-likeness (QED) is 0.663. The number of carbonyl (C=O) groups is 2. The summed E-state index contributed by atoms with van der Waals surface area (Å²) >= 11 is 0. The first-order valence-corrected chi connectivity index (χ1v) is 7.91. The molecule has 134 valence electrons. The average molecular weight is 343 g/mol. The molecule has 5 nitrogen and oxygen atoms in total. The van der Waals surface area contributed by atoms with Crippen molar-refractivity contribution in [3.05, 3.63) is 35.4 Å². The lowest BCUT2D eigenvalue weighted by Gasteiger charge is -2.25. The zero-order valence-electron chi connectivity index (χ0n) is 13.9. The molecule has 0 spiro atoms. The van der Waals surface area contributed by atoms with Crippen LogP contribution in [0.3, 0.4) is 0 Å². The third-order valence-electron chi connectivity index (χ3n) is 3.48. The minimum absolute atomic E-state index is 0.00914. The Labute approximate surface area is 140 Å². The smallest absolute Gasteiger partial charge is 0.305 e. The summed E-state index contributed by atoms with van der Waals surface area (Å²) in [6, 6.07) is 3.34. The number of aliphatic carboxylic acids is 1. The number of hydrogen-bond donors (Lipinski definition) is 1. The minimum atomic E-state index is -1.04. The first-order chi connectivity index (χ1) is 11.3. The van der Waals surface area contributed by atoms with Gasteiger partial charge in [0.15, 0.2) is 11.6 Å². The van der Waals surface area contributed by atoms with Gasteiger partial charge in [0, 0.05) is 19.7 Å². The van der Waals surface area contributed by atoms with E-state index < -0.39 is 23.7 Å². The summed E-state index contributed by atoms with van der Waals surface area (Å²) in [5.41, 5.74) is 0.383. The Bertz CT molecular complexity index is 566. The Balaban J connectivity index is 2.79. The van der Waals surface area contributed by atoms with E-state index in [1.807, 2.05) is 6.92 Å². The summed E-state index contributed by atoms with van der Waals surface area (Å²) < 4.78 is 31.7. The van der Waals surface area contributed by atoms with Gasteiger partial charge in [0.2, 0.25) is 0 Å². The molecule has 0 saturated heterocycles. The average Bonchev–Trinajstić information content (AvgIpc) is 2.54. The van der Waals surface area contributed by atoms with Crippen LogP contribution < -0.4 is 0 Å². The molecule has 0 aliphatic rings. The first-order valence-electron chi connectivity index (χ1n) is 7.91. The lowest BCUT2D eigenvalue weighted by atomic mass is 10.2. The number of ether oxygens (including phenoxy) is 1. The van der Waals surface area contributed by atoms with Crippen LogP contribution in [0.5, 0.6) is 0 Å². The lowest BCUT2D eigenvalue weighted by molar-refractivity contribution is -0.145. The van der Waals surface area contributed by atoms with E-state index in [1.165, 1.54) is 11.0 Å². The highest BCUT2D eigenvalue weighted by Gasteiger charge is 2.22. The van der Waals surface area contributed by atoms with Crippen molar-refractivity contribution in [2.45, 2.75) is 45.8 Å². The maximum atomic E-state index is 13.3. The van der Waals surface area contributed by atoms with Crippen molar-refractivity contribution in [3.8, 4) is 0 Å². The molecule has 0 heterocycles. The molecule has 0 bridgehead atoms. The molecular formula is C17H23F2NO4. The number of benzene rings is 1. The molecule has 1 N–H and O–H groups in total. The van der Waals surface area contributed by atoms with E-state index in [-0.39, 0.29) is 25.4 Å². The number of hydrogen-bond acceptors (Lipinski definition) is 3. The van der Waals surface area contributed by atoms with Crippen LogP contribution in [0, 0.1) is 11.6 Å².